The average molecular weight is 475 g/mol. The molecular formula is C23H30N4O5S. The third-order valence-electron chi connectivity index (χ3n) is 5.53. The molecule has 0 saturated carbocycles. The van der Waals surface area contributed by atoms with Crippen molar-refractivity contribution in [2.24, 2.45) is 7.05 Å². The van der Waals surface area contributed by atoms with Crippen LogP contribution in [-0.2, 0) is 28.3 Å². The lowest BCUT2D eigenvalue weighted by Gasteiger charge is -2.18. The first-order chi connectivity index (χ1) is 15.7. The Hall–Kier alpha value is -3.11. The van der Waals surface area contributed by atoms with E-state index in [1.54, 1.807) is 43.5 Å². The van der Waals surface area contributed by atoms with Crippen molar-refractivity contribution in [1.29, 1.82) is 0 Å². The highest BCUT2D eigenvalue weighted by molar-refractivity contribution is 7.89. The van der Waals surface area contributed by atoms with Crippen LogP contribution >= 0.6 is 0 Å². The number of carbonyl (C=O) groups excluding carboxylic acids is 1. The van der Waals surface area contributed by atoms with Gasteiger partial charge in [-0.15, -0.1) is 0 Å². The van der Waals surface area contributed by atoms with Crippen LogP contribution in [0.5, 0.6) is 11.5 Å². The maximum Gasteiger partial charge on any atom is 0.243 e. The lowest BCUT2D eigenvalue weighted by atomic mass is 10.2. The Morgan fingerprint density at radius 3 is 2.39 bits per heavy atom. The fourth-order valence-electron chi connectivity index (χ4n) is 3.69. The second-order valence-corrected chi connectivity index (χ2v) is 9.38. The standard InChI is InChI=1S/C23H30N4O5S/c1-6-27(7-2)33(29,30)17-9-10-19-18(15-17)25-22(26(19)3)12-13-23(28)24-16-8-11-20(31-4)21(14-16)32-5/h8-11,14-15H,6-7,12-13H2,1-5H3,(H,24,28). The number of aryl methyl sites for hydroxylation is 2. The van der Waals surface area contributed by atoms with E-state index in [0.717, 1.165) is 5.52 Å². The lowest BCUT2D eigenvalue weighted by Crippen LogP contribution is -2.30. The number of aromatic nitrogens is 2. The van der Waals surface area contributed by atoms with E-state index in [9.17, 15) is 13.2 Å². The molecule has 0 fully saturated rings. The monoisotopic (exact) mass is 474 g/mol. The van der Waals surface area contributed by atoms with Gasteiger partial charge in [-0.1, -0.05) is 13.8 Å². The van der Waals surface area contributed by atoms with E-state index >= 15 is 0 Å². The van der Waals surface area contributed by atoms with Gasteiger partial charge in [0.15, 0.2) is 11.5 Å². The first kappa shape index (κ1) is 24.5. The van der Waals surface area contributed by atoms with Crippen molar-refractivity contribution in [3.05, 3.63) is 42.2 Å². The van der Waals surface area contributed by atoms with Gasteiger partial charge in [-0.05, 0) is 30.3 Å². The third-order valence-corrected chi connectivity index (χ3v) is 7.58. The average Bonchev–Trinajstić information content (AvgIpc) is 3.13. The van der Waals surface area contributed by atoms with Gasteiger partial charge in [0.05, 0.1) is 30.1 Å². The first-order valence-electron chi connectivity index (χ1n) is 10.7. The van der Waals surface area contributed by atoms with Crippen LogP contribution in [0.3, 0.4) is 0 Å². The van der Waals surface area contributed by atoms with Crippen molar-refractivity contribution < 1.29 is 22.7 Å². The maximum atomic E-state index is 12.8. The number of amides is 1. The molecule has 0 unspecified atom stereocenters. The number of rotatable bonds is 10. The summed E-state index contributed by atoms with van der Waals surface area (Å²) < 4.78 is 39.4. The lowest BCUT2D eigenvalue weighted by molar-refractivity contribution is -0.116. The topological polar surface area (TPSA) is 103 Å². The zero-order valence-corrected chi connectivity index (χ0v) is 20.4. The molecule has 0 saturated heterocycles. The van der Waals surface area contributed by atoms with Gasteiger partial charge < -0.3 is 19.4 Å². The number of ether oxygens (including phenoxy) is 2. The van der Waals surface area contributed by atoms with Crippen LogP contribution in [-0.4, -0.2) is 55.5 Å². The Kier molecular flexibility index (Phi) is 7.60. The second kappa shape index (κ2) is 10.2. The SMILES string of the molecule is CCN(CC)S(=O)(=O)c1ccc2c(c1)nc(CCC(=O)Nc1ccc(OC)c(OC)c1)n2C. The fraction of sp³-hybridized carbons (Fsp3) is 0.391. The molecule has 1 amide bonds. The summed E-state index contributed by atoms with van der Waals surface area (Å²) in [5, 5.41) is 2.85. The number of anilines is 1. The van der Waals surface area contributed by atoms with E-state index in [1.165, 1.54) is 11.4 Å². The summed E-state index contributed by atoms with van der Waals surface area (Å²) in [5.74, 6) is 1.64. The molecule has 3 rings (SSSR count). The van der Waals surface area contributed by atoms with Gasteiger partial charge in [0, 0.05) is 44.7 Å². The number of nitrogens with one attached hydrogen (secondary N) is 1. The summed E-state index contributed by atoms with van der Waals surface area (Å²) in [4.78, 5) is 17.3. The van der Waals surface area contributed by atoms with Gasteiger partial charge in [-0.25, -0.2) is 13.4 Å². The van der Waals surface area contributed by atoms with E-state index < -0.39 is 10.0 Å². The summed E-state index contributed by atoms with van der Waals surface area (Å²) in [6.45, 7) is 4.43. The fourth-order valence-corrected chi connectivity index (χ4v) is 5.17. The number of hydrogen-bond acceptors (Lipinski definition) is 6. The molecule has 1 N–H and O–H groups in total. The molecule has 10 heteroatoms. The predicted molar refractivity (Wildman–Crippen MR) is 127 cm³/mol. The Labute approximate surface area is 194 Å². The number of hydrogen-bond donors (Lipinski definition) is 1. The minimum Gasteiger partial charge on any atom is -0.493 e. The zero-order chi connectivity index (χ0) is 24.2. The molecule has 178 valence electrons. The van der Waals surface area contributed by atoms with Crippen LogP contribution in [0.1, 0.15) is 26.1 Å². The highest BCUT2D eigenvalue weighted by atomic mass is 32.2. The minimum atomic E-state index is -3.57. The summed E-state index contributed by atoms with van der Waals surface area (Å²) >= 11 is 0. The molecule has 3 aromatic rings. The van der Waals surface area contributed by atoms with E-state index in [2.05, 4.69) is 10.3 Å². The molecule has 1 aromatic heterocycles. The van der Waals surface area contributed by atoms with Crippen molar-refractivity contribution >= 4 is 32.7 Å². The van der Waals surface area contributed by atoms with Gasteiger partial charge in [0.2, 0.25) is 15.9 Å². The van der Waals surface area contributed by atoms with Crippen LogP contribution in [0.2, 0.25) is 0 Å². The molecule has 1 heterocycles. The summed E-state index contributed by atoms with van der Waals surface area (Å²) in [6, 6.07) is 10.1. The van der Waals surface area contributed by atoms with Crippen molar-refractivity contribution in [3.63, 3.8) is 0 Å². The van der Waals surface area contributed by atoms with Crippen molar-refractivity contribution in [1.82, 2.24) is 13.9 Å². The van der Waals surface area contributed by atoms with E-state index in [1.807, 2.05) is 25.5 Å². The Balaban J connectivity index is 1.74. The zero-order valence-electron chi connectivity index (χ0n) is 19.6. The van der Waals surface area contributed by atoms with Gasteiger partial charge in [-0.3, -0.25) is 4.79 Å². The van der Waals surface area contributed by atoms with E-state index in [0.29, 0.717) is 48.0 Å². The normalized spacial score (nSPS) is 11.7. The Bertz CT molecular complexity index is 1250. The van der Waals surface area contributed by atoms with Crippen molar-refractivity contribution in [2.45, 2.75) is 31.6 Å². The highest BCUT2D eigenvalue weighted by Gasteiger charge is 2.23. The van der Waals surface area contributed by atoms with Gasteiger partial charge in [-0.2, -0.15) is 4.31 Å². The largest absolute Gasteiger partial charge is 0.493 e. The van der Waals surface area contributed by atoms with E-state index in [4.69, 9.17) is 9.47 Å². The Morgan fingerprint density at radius 2 is 1.76 bits per heavy atom. The second-order valence-electron chi connectivity index (χ2n) is 7.44. The first-order valence-corrected chi connectivity index (χ1v) is 12.2. The molecule has 0 aliphatic carbocycles. The quantitative estimate of drug-likeness (QED) is 0.484. The summed E-state index contributed by atoms with van der Waals surface area (Å²) in [7, 11) is 1.38. The number of nitrogens with zero attached hydrogens (tertiary/aromatic N) is 3. The van der Waals surface area contributed by atoms with Crippen LogP contribution < -0.4 is 14.8 Å². The number of sulfonamides is 1. The molecule has 0 atom stereocenters. The predicted octanol–water partition coefficient (Wildman–Crippen LogP) is 3.19. The summed E-state index contributed by atoms with van der Waals surface area (Å²) in [6.07, 6.45) is 0.624. The van der Waals surface area contributed by atoms with Crippen LogP contribution in [0.15, 0.2) is 41.3 Å². The Morgan fingerprint density at radius 1 is 1.06 bits per heavy atom. The maximum absolute atomic E-state index is 12.8. The molecule has 0 aliphatic rings. The molecule has 0 radical (unpaired) electrons. The molecule has 0 spiro atoms. The number of fused-ring (bicyclic) bond motifs is 1. The molecule has 9 nitrogen and oxygen atoms in total. The van der Waals surface area contributed by atoms with Crippen molar-refractivity contribution in [2.75, 3.05) is 32.6 Å². The van der Waals surface area contributed by atoms with E-state index in [-0.39, 0.29) is 17.2 Å². The highest BCUT2D eigenvalue weighted by Crippen LogP contribution is 2.30. The van der Waals surface area contributed by atoms with Crippen LogP contribution in [0, 0.1) is 0 Å². The van der Waals surface area contributed by atoms with Crippen LogP contribution in [0.25, 0.3) is 11.0 Å². The van der Waals surface area contributed by atoms with Gasteiger partial charge in [0.1, 0.15) is 5.82 Å². The molecule has 0 aliphatic heterocycles. The van der Waals surface area contributed by atoms with Gasteiger partial charge >= 0.3 is 0 Å². The van der Waals surface area contributed by atoms with Crippen LogP contribution in [0.4, 0.5) is 5.69 Å². The molecule has 2 aromatic carbocycles. The smallest absolute Gasteiger partial charge is 0.243 e. The molecule has 0 bridgehead atoms. The number of imidazole rings is 1. The number of carbonyl (C=O) groups is 1. The molecule has 33 heavy (non-hydrogen) atoms. The number of benzene rings is 2. The third kappa shape index (κ3) is 5.12. The van der Waals surface area contributed by atoms with Gasteiger partial charge in [0.25, 0.3) is 0 Å². The summed E-state index contributed by atoms with van der Waals surface area (Å²) in [5.41, 5.74) is 2.00. The molecular weight excluding hydrogens is 444 g/mol. The number of methoxy groups -OCH3 is 2. The minimum absolute atomic E-state index is 0.168. The van der Waals surface area contributed by atoms with Crippen molar-refractivity contribution in [3.8, 4) is 11.5 Å².